The van der Waals surface area contributed by atoms with E-state index in [2.05, 4.69) is 17.9 Å². The van der Waals surface area contributed by atoms with Crippen LogP contribution in [-0.4, -0.2) is 101 Å². The average molecular weight is 701 g/mol. The zero-order chi connectivity index (χ0) is 37.1. The van der Waals surface area contributed by atoms with Crippen molar-refractivity contribution in [3.63, 3.8) is 0 Å². The van der Waals surface area contributed by atoms with E-state index in [-0.39, 0.29) is 36.5 Å². The smallest absolute Gasteiger partial charge is 0.335 e. The molecule has 0 amide bonds. The summed E-state index contributed by atoms with van der Waals surface area (Å²) in [5.74, 6) is -1.48. The van der Waals surface area contributed by atoms with Gasteiger partial charge in [0.05, 0.1) is 38.6 Å². The van der Waals surface area contributed by atoms with Gasteiger partial charge in [-0.25, -0.2) is 14.4 Å². The average Bonchev–Trinajstić information content (AvgIpc) is 3.77. The van der Waals surface area contributed by atoms with Gasteiger partial charge < -0.3 is 43.1 Å². The van der Waals surface area contributed by atoms with Crippen LogP contribution in [0.5, 0.6) is 11.5 Å². The van der Waals surface area contributed by atoms with Crippen LogP contribution in [-0.2, 0) is 42.9 Å². The van der Waals surface area contributed by atoms with Crippen molar-refractivity contribution in [1.29, 1.82) is 0 Å². The Balaban J connectivity index is 0.000000354. The molecule has 2 aliphatic heterocycles. The van der Waals surface area contributed by atoms with Crippen molar-refractivity contribution in [2.45, 2.75) is 50.4 Å². The molecule has 2 aromatic rings. The molecule has 272 valence electrons. The lowest BCUT2D eigenvalue weighted by Gasteiger charge is -2.12. The fourth-order valence-corrected chi connectivity index (χ4v) is 4.01. The number of rotatable bonds is 15. The number of carboxylic acid groups (broad SMARTS) is 1. The molecule has 2 aromatic carbocycles. The van der Waals surface area contributed by atoms with Gasteiger partial charge in [0.25, 0.3) is 0 Å². The highest BCUT2D eigenvalue weighted by Crippen LogP contribution is 2.27. The zero-order valence-corrected chi connectivity index (χ0v) is 28.2. The fraction of sp³-hybridized carbons (Fsp3) is 0.389. The number of aromatic carboxylic acids is 1. The maximum absolute atomic E-state index is 11.4. The van der Waals surface area contributed by atoms with E-state index in [4.69, 9.17) is 33.5 Å². The van der Waals surface area contributed by atoms with E-state index >= 15 is 0 Å². The molecule has 0 aliphatic carbocycles. The van der Waals surface area contributed by atoms with Gasteiger partial charge in [0.2, 0.25) is 0 Å². The van der Waals surface area contributed by atoms with E-state index in [0.29, 0.717) is 44.1 Å². The topological polar surface area (TPSA) is 187 Å². The molecule has 1 unspecified atom stereocenters. The van der Waals surface area contributed by atoms with Crippen molar-refractivity contribution in [3.05, 3.63) is 85.0 Å². The van der Waals surface area contributed by atoms with Crippen LogP contribution in [0.1, 0.15) is 52.8 Å². The highest BCUT2D eigenvalue weighted by atomic mass is 16.6. The third kappa shape index (κ3) is 17.8. The van der Waals surface area contributed by atoms with Crippen LogP contribution in [0.4, 0.5) is 0 Å². The lowest BCUT2D eigenvalue weighted by atomic mass is 10.1. The van der Waals surface area contributed by atoms with E-state index in [1.165, 1.54) is 24.3 Å². The summed E-state index contributed by atoms with van der Waals surface area (Å²) in [5, 5.41) is 8.71. The summed E-state index contributed by atoms with van der Waals surface area (Å²) < 4.78 is 35.2. The second kappa shape index (κ2) is 25.8. The van der Waals surface area contributed by atoms with E-state index in [9.17, 15) is 28.8 Å². The first-order valence-corrected chi connectivity index (χ1v) is 15.5. The third-order valence-electron chi connectivity index (χ3n) is 6.62. The lowest BCUT2D eigenvalue weighted by Crippen LogP contribution is -2.28. The normalized spacial score (nSPS) is 16.5. The van der Waals surface area contributed by atoms with Gasteiger partial charge in [-0.05, 0) is 67.8 Å². The van der Waals surface area contributed by atoms with Gasteiger partial charge in [0, 0.05) is 44.3 Å². The lowest BCUT2D eigenvalue weighted by molar-refractivity contribution is -0.140. The first kappa shape index (κ1) is 42.8. The molecule has 2 aliphatic rings. The molecule has 14 nitrogen and oxygen atoms in total. The highest BCUT2D eigenvalue weighted by Gasteiger charge is 2.41. The van der Waals surface area contributed by atoms with Gasteiger partial charge in [0.1, 0.15) is 36.3 Å². The Kier molecular flexibility index (Phi) is 22.1. The summed E-state index contributed by atoms with van der Waals surface area (Å²) in [6, 6.07) is 12.4. The highest BCUT2D eigenvalue weighted by molar-refractivity contribution is 5.87. The Morgan fingerprint density at radius 1 is 0.860 bits per heavy atom. The predicted molar refractivity (Wildman–Crippen MR) is 179 cm³/mol. The van der Waals surface area contributed by atoms with Crippen LogP contribution in [0.3, 0.4) is 0 Å². The van der Waals surface area contributed by atoms with Crippen molar-refractivity contribution < 1.29 is 67.0 Å². The van der Waals surface area contributed by atoms with Gasteiger partial charge in [-0.15, -0.1) is 0 Å². The number of ether oxygens (including phenoxy) is 7. The number of carbonyl (C=O) groups is 6. The van der Waals surface area contributed by atoms with E-state index in [1.807, 2.05) is 0 Å². The van der Waals surface area contributed by atoms with E-state index in [0.717, 1.165) is 43.5 Å². The minimum absolute atomic E-state index is 0.0884. The summed E-state index contributed by atoms with van der Waals surface area (Å²) in [5.41, 5.74) is 0.780. The number of carbonyl (C=O) groups excluding carboxylic acids is 5. The Morgan fingerprint density at radius 2 is 1.46 bits per heavy atom. The molecule has 0 saturated carbocycles. The fourth-order valence-electron chi connectivity index (χ4n) is 4.01. The predicted octanol–water partition coefficient (Wildman–Crippen LogP) is 4.19. The summed E-state index contributed by atoms with van der Waals surface area (Å²) in [4.78, 5) is 63.1. The first-order chi connectivity index (χ1) is 24.1. The van der Waals surface area contributed by atoms with Crippen molar-refractivity contribution in [2.24, 2.45) is 0 Å². The monoisotopic (exact) mass is 700 g/mol. The molecule has 3 atom stereocenters. The Labute approximate surface area is 290 Å². The summed E-state index contributed by atoms with van der Waals surface area (Å²) in [6.07, 6.45) is 6.92. The van der Waals surface area contributed by atoms with Crippen molar-refractivity contribution in [1.82, 2.24) is 0 Å². The van der Waals surface area contributed by atoms with Crippen LogP contribution < -0.4 is 9.47 Å². The molecule has 2 fully saturated rings. The summed E-state index contributed by atoms with van der Waals surface area (Å²) in [7, 11) is 3.30. The minimum Gasteiger partial charge on any atom is -0.497 e. The Bertz CT molecular complexity index is 1350. The molecule has 0 bridgehead atoms. The number of benzene rings is 2. The van der Waals surface area contributed by atoms with Crippen LogP contribution >= 0.6 is 0 Å². The van der Waals surface area contributed by atoms with Crippen molar-refractivity contribution >= 4 is 36.4 Å². The van der Waals surface area contributed by atoms with E-state index in [1.54, 1.807) is 38.5 Å². The van der Waals surface area contributed by atoms with Gasteiger partial charge in [-0.2, -0.15) is 0 Å². The molecule has 4 rings (SSSR count). The maximum atomic E-state index is 11.4. The maximum Gasteiger partial charge on any atom is 0.335 e. The number of aldehydes is 2. The number of unbranched alkanes of at least 4 members (excludes halogenated alkanes) is 1. The molecule has 50 heavy (non-hydrogen) atoms. The number of fused-ring (bicyclic) bond motifs is 1. The van der Waals surface area contributed by atoms with Crippen LogP contribution in [0.15, 0.2) is 73.8 Å². The SMILES string of the molecule is C=CC(=O)OCCCC(=O)Oc1ccc(C(=O)O)cc1.C=CC(=O)OCCCC=O.COC1CO[C@@H]2CCO[C@H]12.COc1ccc(C=O)cc1. The van der Waals surface area contributed by atoms with Crippen molar-refractivity contribution in [3.8, 4) is 11.5 Å². The molecular formula is C36H44O14. The van der Waals surface area contributed by atoms with Crippen molar-refractivity contribution in [2.75, 3.05) is 40.6 Å². The van der Waals surface area contributed by atoms with Crippen LogP contribution in [0.2, 0.25) is 0 Å². The molecule has 0 spiro atoms. The standard InChI is InChI=1S/C14H14O6.C8H8O2.C7H12O3.C7H10O3/c1-2-12(15)19-9-3-4-13(16)20-11-7-5-10(6-8-11)14(17)18;1-10-8-4-2-7(6-9)3-5-8;1-8-6-4-10-5-2-3-9-7(5)6;1-2-7(9)10-6-4-3-5-8/h2,5-8H,1,3-4,9H2,(H,17,18);2-6H,1H3;5-7H,2-4H2,1H3;2,5H,1,3-4,6H2/t;;5-,6?,7+;/m..1./s1. The Morgan fingerprint density at radius 3 is 1.98 bits per heavy atom. The molecule has 1 N–H and O–H groups in total. The first-order valence-electron chi connectivity index (χ1n) is 15.5. The number of carboxylic acids is 1. The van der Waals surface area contributed by atoms with Gasteiger partial charge >= 0.3 is 23.9 Å². The van der Waals surface area contributed by atoms with Gasteiger partial charge in [-0.1, -0.05) is 13.2 Å². The molecular weight excluding hydrogens is 656 g/mol. The zero-order valence-electron chi connectivity index (χ0n) is 28.2. The number of hydrogen-bond donors (Lipinski definition) is 1. The molecule has 2 saturated heterocycles. The molecule has 2 heterocycles. The number of methoxy groups -OCH3 is 2. The largest absolute Gasteiger partial charge is 0.497 e. The second-order valence-electron chi connectivity index (χ2n) is 10.1. The van der Waals surface area contributed by atoms with Crippen LogP contribution in [0.25, 0.3) is 0 Å². The quantitative estimate of drug-likeness (QED) is 0.0916. The Hall–Kier alpha value is -5.18. The minimum atomic E-state index is -1.05. The third-order valence-corrected chi connectivity index (χ3v) is 6.62. The number of esters is 3. The van der Waals surface area contributed by atoms with Gasteiger partial charge in [-0.3, -0.25) is 9.59 Å². The molecule has 0 radical (unpaired) electrons. The molecule has 0 aromatic heterocycles. The number of hydrogen-bond acceptors (Lipinski definition) is 13. The second-order valence-corrected chi connectivity index (χ2v) is 10.1. The summed E-state index contributed by atoms with van der Waals surface area (Å²) in [6.45, 7) is 8.39. The van der Waals surface area contributed by atoms with E-state index < -0.39 is 23.9 Å². The van der Waals surface area contributed by atoms with Gasteiger partial charge in [0.15, 0.2) is 0 Å². The molecule has 14 heteroatoms. The summed E-state index contributed by atoms with van der Waals surface area (Å²) >= 11 is 0. The van der Waals surface area contributed by atoms with Crippen LogP contribution in [0, 0.1) is 0 Å².